The number of carbonyl (C=O) groups is 2. The molecule has 4 aromatic rings. The van der Waals surface area contributed by atoms with Crippen LogP contribution >= 0.6 is 11.3 Å². The number of ether oxygens (including phenoxy) is 4. The van der Waals surface area contributed by atoms with Crippen molar-refractivity contribution in [3.8, 4) is 27.4 Å². The molecule has 0 spiro atoms. The molecular formula is C29H22F2N4O7S. The van der Waals surface area contributed by atoms with Gasteiger partial charge in [0.05, 0.1) is 42.4 Å². The summed E-state index contributed by atoms with van der Waals surface area (Å²) in [5.74, 6) is -2.89. The van der Waals surface area contributed by atoms with Crippen LogP contribution in [0.4, 0.5) is 13.6 Å². The molecule has 3 aliphatic rings. The van der Waals surface area contributed by atoms with Crippen LogP contribution in [0.25, 0.3) is 21.7 Å². The van der Waals surface area contributed by atoms with E-state index in [1.54, 1.807) is 15.4 Å². The Hall–Kier alpha value is -4.82. The summed E-state index contributed by atoms with van der Waals surface area (Å²) in [5.41, 5.74) is 3.23. The van der Waals surface area contributed by atoms with E-state index in [2.05, 4.69) is 9.72 Å². The number of thiazole rings is 1. The van der Waals surface area contributed by atoms with Crippen LogP contribution in [0.3, 0.4) is 0 Å². The number of carbonyl (C=O) groups excluding carboxylic acids is 2. The number of aromatic nitrogens is 2. The standard InChI is InChI=1S/C29H22F2N4O7S/c1-39-29(38)42-14-41-26-19(36)8-9-34-25(26)28(37)33-10-11-40-12-20(33)35(34)24-16-5-3-2-4-15(16)23-27(43-13-32-23)21-17(24)6-7-18(30)22(21)31/h2-9,13,20,24H,10-12,14H2,1H3/t20-,24-/m1/s1. The Balaban J connectivity index is 1.49. The number of hydrogen-bond donors (Lipinski definition) is 0. The molecule has 1 saturated heterocycles. The van der Waals surface area contributed by atoms with Crippen molar-refractivity contribution in [1.29, 1.82) is 0 Å². The molecule has 1 fully saturated rings. The van der Waals surface area contributed by atoms with E-state index in [1.807, 2.05) is 24.3 Å². The molecule has 0 N–H and O–H groups in total. The van der Waals surface area contributed by atoms with Crippen LogP contribution in [-0.2, 0) is 14.2 Å². The SMILES string of the molecule is COC(=O)OCOc1c2n(ccc1=O)N([C@@H]1c3ccccc3-c3ncsc3-c3c1ccc(F)c3F)[C@@H]1COCCN1C2=O. The molecule has 0 bridgehead atoms. The summed E-state index contributed by atoms with van der Waals surface area (Å²) >= 11 is 1.20. The van der Waals surface area contributed by atoms with E-state index in [9.17, 15) is 18.8 Å². The largest absolute Gasteiger partial charge is 0.510 e. The van der Waals surface area contributed by atoms with Crippen molar-refractivity contribution >= 4 is 23.4 Å². The zero-order valence-corrected chi connectivity index (χ0v) is 23.3. The molecule has 0 radical (unpaired) electrons. The minimum absolute atomic E-state index is 0.0597. The van der Waals surface area contributed by atoms with Gasteiger partial charge in [-0.2, -0.15) is 0 Å². The fourth-order valence-corrected chi connectivity index (χ4v) is 6.76. The van der Waals surface area contributed by atoms with Crippen molar-refractivity contribution < 1.29 is 37.3 Å². The van der Waals surface area contributed by atoms with E-state index in [-0.39, 0.29) is 36.8 Å². The molecule has 4 heterocycles. The molecule has 2 aromatic carbocycles. The summed E-state index contributed by atoms with van der Waals surface area (Å²) < 4.78 is 52.7. The second-order valence-corrected chi connectivity index (χ2v) is 10.7. The third-order valence-electron chi connectivity index (χ3n) is 7.69. The average Bonchev–Trinajstić information content (AvgIpc) is 3.47. The molecule has 11 nitrogen and oxygen atoms in total. The Labute approximate surface area is 246 Å². The van der Waals surface area contributed by atoms with E-state index < -0.39 is 48.1 Å². The molecule has 2 aromatic heterocycles. The fraction of sp³-hybridized carbons (Fsp3) is 0.241. The van der Waals surface area contributed by atoms with Crippen LogP contribution in [0, 0.1) is 11.6 Å². The number of halogens is 2. The third kappa shape index (κ3) is 4.16. The van der Waals surface area contributed by atoms with Gasteiger partial charge in [0.15, 0.2) is 17.3 Å². The van der Waals surface area contributed by atoms with Gasteiger partial charge in [0.2, 0.25) is 18.0 Å². The van der Waals surface area contributed by atoms with Gasteiger partial charge in [-0.3, -0.25) is 19.3 Å². The molecule has 1 aliphatic carbocycles. The second kappa shape index (κ2) is 10.5. The summed E-state index contributed by atoms with van der Waals surface area (Å²) in [4.78, 5) is 45.1. The Kier molecular flexibility index (Phi) is 6.58. The van der Waals surface area contributed by atoms with Crippen LogP contribution in [0.1, 0.15) is 27.7 Å². The molecule has 2 aliphatic heterocycles. The first kappa shape index (κ1) is 27.0. The zero-order chi connectivity index (χ0) is 29.8. The number of rotatable bonds is 4. The van der Waals surface area contributed by atoms with Gasteiger partial charge in [0.25, 0.3) is 5.91 Å². The van der Waals surface area contributed by atoms with Gasteiger partial charge in [-0.25, -0.2) is 18.6 Å². The Bertz CT molecular complexity index is 1840. The summed E-state index contributed by atoms with van der Waals surface area (Å²) in [7, 11) is 1.12. The van der Waals surface area contributed by atoms with Gasteiger partial charge in [-0.05, 0) is 17.2 Å². The molecule has 1 amide bonds. The molecule has 7 rings (SSSR count). The number of amides is 1. The minimum atomic E-state index is -1.03. The number of benzene rings is 2. The monoisotopic (exact) mass is 608 g/mol. The number of fused-ring (bicyclic) bond motifs is 7. The first-order chi connectivity index (χ1) is 20.9. The van der Waals surface area contributed by atoms with E-state index in [0.717, 1.165) is 13.2 Å². The Morgan fingerprint density at radius 3 is 2.81 bits per heavy atom. The van der Waals surface area contributed by atoms with Crippen molar-refractivity contribution in [3.05, 3.63) is 92.9 Å². The lowest BCUT2D eigenvalue weighted by Crippen LogP contribution is -2.66. The topological polar surface area (TPSA) is 112 Å². The van der Waals surface area contributed by atoms with Crippen molar-refractivity contribution in [3.63, 3.8) is 0 Å². The van der Waals surface area contributed by atoms with Crippen LogP contribution in [0.2, 0.25) is 0 Å². The smallest absolute Gasteiger partial charge is 0.451 e. The molecule has 2 atom stereocenters. The normalized spacial score (nSPS) is 18.4. The average molecular weight is 609 g/mol. The van der Waals surface area contributed by atoms with Crippen LogP contribution in [0.5, 0.6) is 5.75 Å². The molecule has 0 unspecified atom stereocenters. The van der Waals surface area contributed by atoms with Gasteiger partial charge >= 0.3 is 6.16 Å². The summed E-state index contributed by atoms with van der Waals surface area (Å²) in [6.45, 7) is -0.163. The number of methoxy groups -OCH3 is 1. The van der Waals surface area contributed by atoms with Gasteiger partial charge in [0.1, 0.15) is 6.17 Å². The highest BCUT2D eigenvalue weighted by molar-refractivity contribution is 7.13. The summed E-state index contributed by atoms with van der Waals surface area (Å²) in [6, 6.07) is 10.4. The van der Waals surface area contributed by atoms with Gasteiger partial charge in [-0.15, -0.1) is 11.3 Å². The van der Waals surface area contributed by atoms with Crippen molar-refractivity contribution in [2.45, 2.75) is 12.2 Å². The summed E-state index contributed by atoms with van der Waals surface area (Å²) in [6.07, 6.45) is -0.317. The lowest BCUT2D eigenvalue weighted by atomic mass is 9.92. The molecule has 0 saturated carbocycles. The molecule has 220 valence electrons. The second-order valence-electron chi connectivity index (χ2n) is 9.84. The third-order valence-corrected chi connectivity index (χ3v) is 8.54. The molecule has 43 heavy (non-hydrogen) atoms. The van der Waals surface area contributed by atoms with Crippen molar-refractivity contribution in [2.24, 2.45) is 0 Å². The highest BCUT2D eigenvalue weighted by Gasteiger charge is 2.47. The zero-order valence-electron chi connectivity index (χ0n) is 22.5. The first-order valence-corrected chi connectivity index (χ1v) is 14.1. The van der Waals surface area contributed by atoms with E-state index in [0.29, 0.717) is 27.3 Å². The maximum atomic E-state index is 15.8. The Morgan fingerprint density at radius 2 is 1.98 bits per heavy atom. The van der Waals surface area contributed by atoms with Gasteiger partial charge in [0, 0.05) is 29.9 Å². The van der Waals surface area contributed by atoms with E-state index in [1.165, 1.54) is 34.3 Å². The number of morpholine rings is 1. The minimum Gasteiger partial charge on any atom is -0.451 e. The lowest BCUT2D eigenvalue weighted by molar-refractivity contribution is -0.0208. The van der Waals surface area contributed by atoms with E-state index in [4.69, 9.17) is 14.2 Å². The highest BCUT2D eigenvalue weighted by atomic mass is 32.1. The van der Waals surface area contributed by atoms with Crippen LogP contribution in [-0.4, -0.2) is 66.4 Å². The Morgan fingerprint density at radius 1 is 1.14 bits per heavy atom. The van der Waals surface area contributed by atoms with Crippen LogP contribution in [0.15, 0.2) is 59.0 Å². The maximum Gasteiger partial charge on any atom is 0.510 e. The number of hydrogen-bond acceptors (Lipinski definition) is 10. The predicted octanol–water partition coefficient (Wildman–Crippen LogP) is 3.89. The number of nitrogens with zero attached hydrogens (tertiary/aromatic N) is 4. The van der Waals surface area contributed by atoms with Crippen molar-refractivity contribution in [1.82, 2.24) is 14.6 Å². The quantitative estimate of drug-likeness (QED) is 0.252. The van der Waals surface area contributed by atoms with E-state index >= 15 is 4.39 Å². The summed E-state index contributed by atoms with van der Waals surface area (Å²) in [5, 5.41) is 1.80. The van der Waals surface area contributed by atoms with Crippen molar-refractivity contribution in [2.75, 3.05) is 38.7 Å². The predicted molar refractivity (Wildman–Crippen MR) is 148 cm³/mol. The fourth-order valence-electron chi connectivity index (χ4n) is 5.90. The van der Waals surface area contributed by atoms with Gasteiger partial charge < -0.3 is 23.8 Å². The van der Waals surface area contributed by atoms with Crippen LogP contribution < -0.4 is 15.2 Å². The highest BCUT2D eigenvalue weighted by Crippen LogP contribution is 2.50. The number of pyridine rings is 1. The lowest BCUT2D eigenvalue weighted by Gasteiger charge is -2.51. The molecular weight excluding hydrogens is 586 g/mol. The van der Waals surface area contributed by atoms with Gasteiger partial charge in [-0.1, -0.05) is 30.3 Å². The first-order valence-electron chi connectivity index (χ1n) is 13.2. The maximum absolute atomic E-state index is 15.8. The molecule has 14 heteroatoms.